The lowest BCUT2D eigenvalue weighted by atomic mass is 9.55. The van der Waals surface area contributed by atoms with Crippen molar-refractivity contribution in [1.29, 1.82) is 0 Å². The van der Waals surface area contributed by atoms with Gasteiger partial charge in [-0.05, 0) is 80.5 Å². The number of nitrogens with zero attached hydrogens (tertiary/aromatic N) is 2. The first-order chi connectivity index (χ1) is 14.8. The molecule has 2 saturated heterocycles. The third-order valence-corrected chi connectivity index (χ3v) is 9.00. The molecule has 2 aliphatic carbocycles. The Labute approximate surface area is 187 Å². The average Bonchev–Trinajstić information content (AvgIpc) is 3.03. The molecular weight excluding hydrogens is 384 g/mol. The van der Waals surface area contributed by atoms with Crippen LogP contribution in [-0.4, -0.2) is 49.7 Å². The van der Waals surface area contributed by atoms with E-state index in [0.29, 0.717) is 11.8 Å². The smallest absolute Gasteiger partial charge is 0.310 e. The lowest BCUT2D eigenvalue weighted by molar-refractivity contribution is -0.146. The van der Waals surface area contributed by atoms with E-state index in [9.17, 15) is 4.79 Å². The van der Waals surface area contributed by atoms with Crippen molar-refractivity contribution in [2.24, 2.45) is 23.2 Å². The summed E-state index contributed by atoms with van der Waals surface area (Å²) in [6.07, 6.45) is 5.91. The van der Waals surface area contributed by atoms with Crippen molar-refractivity contribution in [1.82, 2.24) is 4.90 Å². The molecule has 31 heavy (non-hydrogen) atoms. The predicted octanol–water partition coefficient (Wildman–Crippen LogP) is 4.74. The standard InChI is InChI=1S/C27H38N2O2/c1-18-7-8-21(14-20(18)3)29-12-10-28(11-13-29)17-23-22-15-24-19(2)6-5-9-27(24,4)16-25(22)31-26(23)30/h7-8,14,22-25H,2,5-6,9-13,15-17H2,1,3-4H3. The number of allylic oxidation sites excluding steroid dienone is 1. The first-order valence-corrected chi connectivity index (χ1v) is 12.3. The number of anilines is 1. The molecule has 0 amide bonds. The number of piperazine rings is 1. The minimum atomic E-state index is 0.0393. The first kappa shape index (κ1) is 21.1. The number of carbonyl (C=O) groups excluding carboxylic acids is 1. The minimum Gasteiger partial charge on any atom is -0.462 e. The molecule has 4 nitrogen and oxygen atoms in total. The van der Waals surface area contributed by atoms with Crippen molar-refractivity contribution in [3.8, 4) is 0 Å². The Kier molecular flexibility index (Phi) is 5.40. The van der Waals surface area contributed by atoms with Crippen molar-refractivity contribution in [3.05, 3.63) is 41.5 Å². The zero-order valence-corrected chi connectivity index (χ0v) is 19.5. The molecule has 2 heterocycles. The average molecular weight is 423 g/mol. The number of aryl methyl sites for hydroxylation is 2. The van der Waals surface area contributed by atoms with Crippen LogP contribution in [0.2, 0.25) is 0 Å². The molecule has 0 aromatic heterocycles. The summed E-state index contributed by atoms with van der Waals surface area (Å²) >= 11 is 0. The van der Waals surface area contributed by atoms with Gasteiger partial charge in [-0.1, -0.05) is 25.1 Å². The quantitative estimate of drug-likeness (QED) is 0.520. The first-order valence-electron chi connectivity index (χ1n) is 12.3. The SMILES string of the molecule is C=C1CCCC2(C)CC3OC(=O)C(CN4CCN(c5ccc(C)c(C)c5)CC4)C3CC12. The number of hydrogen-bond donors (Lipinski definition) is 0. The number of esters is 1. The third-order valence-electron chi connectivity index (χ3n) is 9.00. The van der Waals surface area contributed by atoms with E-state index in [-0.39, 0.29) is 23.4 Å². The van der Waals surface area contributed by atoms with Gasteiger partial charge in [-0.15, -0.1) is 0 Å². The second-order valence-electron chi connectivity index (χ2n) is 11.0. The molecule has 5 atom stereocenters. The van der Waals surface area contributed by atoms with Crippen molar-refractivity contribution in [2.75, 3.05) is 37.6 Å². The van der Waals surface area contributed by atoms with Crippen molar-refractivity contribution < 1.29 is 9.53 Å². The molecule has 0 radical (unpaired) electrons. The summed E-state index contributed by atoms with van der Waals surface area (Å²) in [4.78, 5) is 17.9. The molecule has 168 valence electrons. The van der Waals surface area contributed by atoms with E-state index in [4.69, 9.17) is 4.74 Å². The van der Waals surface area contributed by atoms with E-state index < -0.39 is 0 Å². The normalized spacial score (nSPS) is 36.2. The topological polar surface area (TPSA) is 32.8 Å². The molecule has 1 aromatic carbocycles. The Morgan fingerprint density at radius 2 is 1.94 bits per heavy atom. The zero-order chi connectivity index (χ0) is 21.8. The van der Waals surface area contributed by atoms with Crippen LogP contribution >= 0.6 is 0 Å². The van der Waals surface area contributed by atoms with Gasteiger partial charge in [0.25, 0.3) is 0 Å². The maximum atomic E-state index is 12.9. The van der Waals surface area contributed by atoms with Crippen molar-refractivity contribution in [3.63, 3.8) is 0 Å². The zero-order valence-electron chi connectivity index (χ0n) is 19.5. The van der Waals surface area contributed by atoms with Gasteiger partial charge < -0.3 is 9.64 Å². The monoisotopic (exact) mass is 422 g/mol. The summed E-state index contributed by atoms with van der Waals surface area (Å²) in [5.74, 6) is 1.04. The summed E-state index contributed by atoms with van der Waals surface area (Å²) in [7, 11) is 0. The summed E-state index contributed by atoms with van der Waals surface area (Å²) in [5, 5.41) is 0. The van der Waals surface area contributed by atoms with E-state index >= 15 is 0 Å². The largest absolute Gasteiger partial charge is 0.462 e. The fourth-order valence-corrected chi connectivity index (χ4v) is 6.85. The summed E-state index contributed by atoms with van der Waals surface area (Å²) in [6.45, 7) is 16.1. The van der Waals surface area contributed by atoms with Crippen LogP contribution in [0.25, 0.3) is 0 Å². The molecule has 1 aromatic rings. The van der Waals surface area contributed by atoms with Crippen LogP contribution < -0.4 is 4.90 Å². The van der Waals surface area contributed by atoms with Crippen LogP contribution in [-0.2, 0) is 9.53 Å². The van der Waals surface area contributed by atoms with Crippen molar-refractivity contribution in [2.45, 2.75) is 59.0 Å². The molecule has 4 aliphatic rings. The molecule has 5 unspecified atom stereocenters. The fraction of sp³-hybridized carbons (Fsp3) is 0.667. The molecule has 2 aliphatic heterocycles. The van der Waals surface area contributed by atoms with Crippen LogP contribution in [0, 0.1) is 37.0 Å². The second-order valence-corrected chi connectivity index (χ2v) is 11.0. The highest BCUT2D eigenvalue weighted by Gasteiger charge is 2.55. The minimum absolute atomic E-state index is 0.0393. The Morgan fingerprint density at radius 3 is 2.68 bits per heavy atom. The number of hydrogen-bond acceptors (Lipinski definition) is 4. The van der Waals surface area contributed by atoms with Crippen LogP contribution in [0.15, 0.2) is 30.4 Å². The molecular formula is C27H38N2O2. The summed E-state index contributed by atoms with van der Waals surface area (Å²) < 4.78 is 5.98. The van der Waals surface area contributed by atoms with E-state index in [1.54, 1.807) is 0 Å². The second kappa shape index (κ2) is 7.95. The number of rotatable bonds is 3. The van der Waals surface area contributed by atoms with E-state index in [1.165, 1.54) is 35.2 Å². The van der Waals surface area contributed by atoms with Gasteiger partial charge in [0.05, 0.1) is 5.92 Å². The summed E-state index contributed by atoms with van der Waals surface area (Å²) in [6, 6.07) is 6.77. The molecule has 0 spiro atoms. The Balaban J connectivity index is 1.22. The molecule has 0 bridgehead atoms. The van der Waals surface area contributed by atoms with Gasteiger partial charge in [0.15, 0.2) is 0 Å². The van der Waals surface area contributed by atoms with E-state index in [0.717, 1.165) is 52.0 Å². The van der Waals surface area contributed by atoms with Gasteiger partial charge in [-0.3, -0.25) is 9.69 Å². The van der Waals surface area contributed by atoms with Gasteiger partial charge in [0.1, 0.15) is 6.10 Å². The third kappa shape index (κ3) is 3.82. The van der Waals surface area contributed by atoms with Crippen LogP contribution in [0.4, 0.5) is 5.69 Å². The van der Waals surface area contributed by atoms with Crippen molar-refractivity contribution >= 4 is 11.7 Å². The maximum Gasteiger partial charge on any atom is 0.310 e. The molecule has 4 heteroatoms. The molecule has 4 fully saturated rings. The number of fused-ring (bicyclic) bond motifs is 2. The maximum absolute atomic E-state index is 12.9. The van der Waals surface area contributed by atoms with E-state index in [1.807, 2.05) is 0 Å². The van der Waals surface area contributed by atoms with Gasteiger partial charge in [0.2, 0.25) is 0 Å². The van der Waals surface area contributed by atoms with Gasteiger partial charge in [-0.25, -0.2) is 0 Å². The van der Waals surface area contributed by atoms with Gasteiger partial charge in [0, 0.05) is 44.3 Å². The lowest BCUT2D eigenvalue weighted by Crippen LogP contribution is -2.50. The highest BCUT2D eigenvalue weighted by atomic mass is 16.6. The van der Waals surface area contributed by atoms with Gasteiger partial charge >= 0.3 is 5.97 Å². The highest BCUT2D eigenvalue weighted by molar-refractivity contribution is 5.75. The van der Waals surface area contributed by atoms with Crippen LogP contribution in [0.3, 0.4) is 0 Å². The van der Waals surface area contributed by atoms with Crippen LogP contribution in [0.5, 0.6) is 0 Å². The molecule has 5 rings (SSSR count). The highest BCUT2D eigenvalue weighted by Crippen LogP contribution is 2.56. The Bertz CT molecular complexity index is 872. The predicted molar refractivity (Wildman–Crippen MR) is 125 cm³/mol. The van der Waals surface area contributed by atoms with Gasteiger partial charge in [-0.2, -0.15) is 0 Å². The number of carbonyl (C=O) groups is 1. The molecule has 0 N–H and O–H groups in total. The lowest BCUT2D eigenvalue weighted by Gasteiger charge is -2.50. The fourth-order valence-electron chi connectivity index (χ4n) is 6.85. The Hall–Kier alpha value is -1.81. The van der Waals surface area contributed by atoms with E-state index in [2.05, 4.69) is 55.3 Å². The number of benzene rings is 1. The van der Waals surface area contributed by atoms with Crippen LogP contribution in [0.1, 0.15) is 50.2 Å². The number of ether oxygens (including phenoxy) is 1. The summed E-state index contributed by atoms with van der Waals surface area (Å²) in [5.41, 5.74) is 5.73. The Morgan fingerprint density at radius 1 is 1.16 bits per heavy atom. The molecule has 2 saturated carbocycles.